The molecule has 29 heavy (non-hydrogen) atoms. The lowest BCUT2D eigenvalue weighted by molar-refractivity contribution is 0.292. The van der Waals surface area contributed by atoms with E-state index in [0.29, 0.717) is 23.3 Å². The number of nitrogens with one attached hydrogen (secondary N) is 2. The molecule has 1 aromatic rings. The highest BCUT2D eigenvalue weighted by atomic mass is 16.5. The first kappa shape index (κ1) is 24.9. The fourth-order valence-corrected chi connectivity index (χ4v) is 3.34. The van der Waals surface area contributed by atoms with Crippen molar-refractivity contribution < 1.29 is 14.2 Å². The van der Waals surface area contributed by atoms with Gasteiger partial charge in [-0.05, 0) is 51.9 Å². The molecule has 166 valence electrons. The number of benzene rings is 1. The van der Waals surface area contributed by atoms with E-state index >= 15 is 0 Å². The van der Waals surface area contributed by atoms with Gasteiger partial charge in [-0.15, -0.1) is 0 Å². The number of nitrogens with zero attached hydrogens (tertiary/aromatic N) is 2. The van der Waals surface area contributed by atoms with E-state index in [9.17, 15) is 0 Å². The van der Waals surface area contributed by atoms with Crippen molar-refractivity contribution in [3.8, 4) is 17.2 Å². The summed E-state index contributed by atoms with van der Waals surface area (Å²) in [6.07, 6.45) is 3.07. The Morgan fingerprint density at radius 3 is 2.31 bits per heavy atom. The predicted octanol–water partition coefficient (Wildman–Crippen LogP) is 2.93. The zero-order valence-electron chi connectivity index (χ0n) is 19.3. The zero-order chi connectivity index (χ0) is 21.6. The number of hydrogen-bond donors (Lipinski definition) is 2. The van der Waals surface area contributed by atoms with Crippen molar-refractivity contribution in [2.75, 3.05) is 54.6 Å². The zero-order valence-corrected chi connectivity index (χ0v) is 19.3. The van der Waals surface area contributed by atoms with Crippen molar-refractivity contribution in [1.82, 2.24) is 15.5 Å². The SMILES string of the molecule is CCN(CC)CCCC(C)NC(=NC)NCCc1ccc(OC)c(OC)c1OC. The molecule has 2 N–H and O–H groups in total. The maximum atomic E-state index is 5.56. The summed E-state index contributed by atoms with van der Waals surface area (Å²) < 4.78 is 16.4. The van der Waals surface area contributed by atoms with Crippen LogP contribution in [-0.4, -0.2) is 71.5 Å². The minimum Gasteiger partial charge on any atom is -0.493 e. The second-order valence-electron chi connectivity index (χ2n) is 6.96. The van der Waals surface area contributed by atoms with Gasteiger partial charge in [0.05, 0.1) is 21.3 Å². The van der Waals surface area contributed by atoms with Gasteiger partial charge in [-0.3, -0.25) is 4.99 Å². The molecule has 0 amide bonds. The van der Waals surface area contributed by atoms with Crippen LogP contribution < -0.4 is 24.8 Å². The molecule has 0 bridgehead atoms. The fourth-order valence-electron chi connectivity index (χ4n) is 3.34. The molecule has 0 saturated carbocycles. The van der Waals surface area contributed by atoms with E-state index in [-0.39, 0.29) is 0 Å². The van der Waals surface area contributed by atoms with Gasteiger partial charge < -0.3 is 29.7 Å². The van der Waals surface area contributed by atoms with Gasteiger partial charge in [0.15, 0.2) is 17.5 Å². The van der Waals surface area contributed by atoms with Gasteiger partial charge in [0.2, 0.25) is 5.75 Å². The predicted molar refractivity (Wildman–Crippen MR) is 121 cm³/mol. The third-order valence-corrected chi connectivity index (χ3v) is 5.09. The number of guanidine groups is 1. The van der Waals surface area contributed by atoms with Gasteiger partial charge in [0.1, 0.15) is 0 Å². The van der Waals surface area contributed by atoms with E-state index in [1.54, 1.807) is 28.4 Å². The number of hydrogen-bond acceptors (Lipinski definition) is 5. The molecule has 0 saturated heterocycles. The Kier molecular flexibility index (Phi) is 12.0. The molecule has 7 nitrogen and oxygen atoms in total. The Bertz CT molecular complexity index is 618. The van der Waals surface area contributed by atoms with Crippen molar-refractivity contribution in [3.63, 3.8) is 0 Å². The highest BCUT2D eigenvalue weighted by Crippen LogP contribution is 2.39. The summed E-state index contributed by atoms with van der Waals surface area (Å²) in [4.78, 5) is 6.80. The summed E-state index contributed by atoms with van der Waals surface area (Å²) in [5.41, 5.74) is 1.06. The van der Waals surface area contributed by atoms with Crippen LogP contribution in [0, 0.1) is 0 Å². The fraction of sp³-hybridized carbons (Fsp3) is 0.682. The molecule has 0 radical (unpaired) electrons. The van der Waals surface area contributed by atoms with Crippen LogP contribution >= 0.6 is 0 Å². The Balaban J connectivity index is 2.53. The normalized spacial score (nSPS) is 12.6. The van der Waals surface area contributed by atoms with Crippen LogP contribution in [0.15, 0.2) is 17.1 Å². The van der Waals surface area contributed by atoms with Crippen LogP contribution in [0.2, 0.25) is 0 Å². The standard InChI is InChI=1S/C22H40N4O3/c1-8-26(9-2)16-10-11-17(3)25-22(23-4)24-15-14-18-12-13-19(27-5)21(29-7)20(18)28-6/h12-13,17H,8-11,14-16H2,1-7H3,(H2,23,24,25). The summed E-state index contributed by atoms with van der Waals surface area (Å²) >= 11 is 0. The number of aliphatic imine (C=N–C) groups is 1. The molecule has 7 heteroatoms. The topological polar surface area (TPSA) is 67.4 Å². The minimum atomic E-state index is 0.368. The van der Waals surface area contributed by atoms with Gasteiger partial charge in [-0.25, -0.2) is 0 Å². The van der Waals surface area contributed by atoms with E-state index in [1.807, 2.05) is 12.1 Å². The monoisotopic (exact) mass is 408 g/mol. The summed E-state index contributed by atoms with van der Waals surface area (Å²) in [6.45, 7) is 10.7. The second-order valence-corrected chi connectivity index (χ2v) is 6.96. The summed E-state index contributed by atoms with van der Waals surface area (Å²) in [6, 6.07) is 4.28. The molecular formula is C22H40N4O3. The highest BCUT2D eigenvalue weighted by molar-refractivity contribution is 5.79. The van der Waals surface area contributed by atoms with Gasteiger partial charge in [-0.2, -0.15) is 0 Å². The number of rotatable bonds is 13. The van der Waals surface area contributed by atoms with E-state index in [4.69, 9.17) is 14.2 Å². The minimum absolute atomic E-state index is 0.368. The second kappa shape index (κ2) is 13.9. The Hall–Kier alpha value is -2.15. The first-order chi connectivity index (χ1) is 14.0. The van der Waals surface area contributed by atoms with Crippen molar-refractivity contribution in [2.24, 2.45) is 4.99 Å². The van der Waals surface area contributed by atoms with Crippen LogP contribution in [0.1, 0.15) is 39.2 Å². The molecule has 0 fully saturated rings. The lowest BCUT2D eigenvalue weighted by Crippen LogP contribution is -2.43. The third-order valence-electron chi connectivity index (χ3n) is 5.09. The lowest BCUT2D eigenvalue weighted by atomic mass is 10.1. The van der Waals surface area contributed by atoms with Crippen molar-refractivity contribution in [2.45, 2.75) is 46.1 Å². The molecule has 1 rings (SSSR count). The quantitative estimate of drug-likeness (QED) is 0.386. The molecular weight excluding hydrogens is 368 g/mol. The first-order valence-corrected chi connectivity index (χ1v) is 10.5. The van der Waals surface area contributed by atoms with Gasteiger partial charge in [0, 0.05) is 25.2 Å². The van der Waals surface area contributed by atoms with Crippen LogP contribution in [0.5, 0.6) is 17.2 Å². The van der Waals surface area contributed by atoms with Crippen molar-refractivity contribution >= 4 is 5.96 Å². The lowest BCUT2D eigenvalue weighted by Gasteiger charge is -2.21. The Morgan fingerprint density at radius 2 is 1.76 bits per heavy atom. The summed E-state index contributed by atoms with van der Waals surface area (Å²) in [7, 11) is 6.69. The van der Waals surface area contributed by atoms with E-state index < -0.39 is 0 Å². The molecule has 0 spiro atoms. The smallest absolute Gasteiger partial charge is 0.203 e. The molecule has 0 aliphatic rings. The van der Waals surface area contributed by atoms with Crippen molar-refractivity contribution in [1.29, 1.82) is 0 Å². The van der Waals surface area contributed by atoms with Gasteiger partial charge in [-0.1, -0.05) is 19.9 Å². The molecule has 1 aromatic carbocycles. The first-order valence-electron chi connectivity index (χ1n) is 10.5. The van der Waals surface area contributed by atoms with Crippen LogP contribution in [-0.2, 0) is 6.42 Å². The molecule has 0 aromatic heterocycles. The average Bonchev–Trinajstić information content (AvgIpc) is 2.75. The molecule has 1 atom stereocenters. The number of methoxy groups -OCH3 is 3. The van der Waals surface area contributed by atoms with Gasteiger partial charge in [0.25, 0.3) is 0 Å². The van der Waals surface area contributed by atoms with E-state index in [2.05, 4.69) is 41.3 Å². The van der Waals surface area contributed by atoms with Gasteiger partial charge >= 0.3 is 0 Å². The molecule has 0 heterocycles. The number of ether oxygens (including phenoxy) is 3. The summed E-state index contributed by atoms with van der Waals surface area (Å²) in [5, 5.41) is 6.87. The molecule has 0 aliphatic carbocycles. The molecule has 1 unspecified atom stereocenters. The molecule has 0 aliphatic heterocycles. The largest absolute Gasteiger partial charge is 0.493 e. The Morgan fingerprint density at radius 1 is 1.07 bits per heavy atom. The Labute approximate surface area is 176 Å². The van der Waals surface area contributed by atoms with Crippen LogP contribution in [0.25, 0.3) is 0 Å². The van der Waals surface area contributed by atoms with E-state index in [0.717, 1.165) is 50.5 Å². The highest BCUT2D eigenvalue weighted by Gasteiger charge is 2.15. The third kappa shape index (κ3) is 8.01. The average molecular weight is 409 g/mol. The van der Waals surface area contributed by atoms with Crippen LogP contribution in [0.3, 0.4) is 0 Å². The maximum Gasteiger partial charge on any atom is 0.203 e. The van der Waals surface area contributed by atoms with Crippen LogP contribution in [0.4, 0.5) is 0 Å². The summed E-state index contributed by atoms with van der Waals surface area (Å²) in [5.74, 6) is 2.81. The van der Waals surface area contributed by atoms with Crippen molar-refractivity contribution in [3.05, 3.63) is 17.7 Å². The van der Waals surface area contributed by atoms with E-state index in [1.165, 1.54) is 6.42 Å². The maximum absolute atomic E-state index is 5.56.